The summed E-state index contributed by atoms with van der Waals surface area (Å²) in [6.45, 7) is 2.53. The highest BCUT2D eigenvalue weighted by atomic mass is 35.5. The molecule has 1 aromatic carbocycles. The molecular formula is C14H16ClN3O2. The molecule has 2 unspecified atom stereocenters. The predicted octanol–water partition coefficient (Wildman–Crippen LogP) is 1.57. The molecule has 1 amide bonds. The summed E-state index contributed by atoms with van der Waals surface area (Å²) in [4.78, 5) is 15.8. The number of carbonyl (C=O) groups excluding carboxylic acids is 1. The first kappa shape index (κ1) is 13.2. The van der Waals surface area contributed by atoms with Gasteiger partial charge in [0.15, 0.2) is 5.96 Å². The Bertz CT molecular complexity index is 625. The number of guanidine groups is 1. The van der Waals surface area contributed by atoms with Gasteiger partial charge in [-0.15, -0.1) is 0 Å². The van der Waals surface area contributed by atoms with Gasteiger partial charge in [-0.1, -0.05) is 24.6 Å². The van der Waals surface area contributed by atoms with E-state index >= 15 is 0 Å². The normalized spacial score (nSPS) is 26.6. The van der Waals surface area contributed by atoms with Crippen molar-refractivity contribution in [3.8, 4) is 5.75 Å². The van der Waals surface area contributed by atoms with Crippen LogP contribution in [0.5, 0.6) is 5.75 Å². The largest absolute Gasteiger partial charge is 0.491 e. The summed E-state index contributed by atoms with van der Waals surface area (Å²) in [6.07, 6.45) is 1.57. The fourth-order valence-corrected chi connectivity index (χ4v) is 3.14. The van der Waals surface area contributed by atoms with Crippen molar-refractivity contribution in [2.75, 3.05) is 6.61 Å². The van der Waals surface area contributed by atoms with Crippen LogP contribution in [0.3, 0.4) is 0 Å². The van der Waals surface area contributed by atoms with Crippen molar-refractivity contribution < 1.29 is 9.53 Å². The molecule has 0 spiro atoms. The summed E-state index contributed by atoms with van der Waals surface area (Å²) < 4.78 is 5.56. The van der Waals surface area contributed by atoms with Gasteiger partial charge in [0, 0.05) is 12.0 Å². The van der Waals surface area contributed by atoms with E-state index in [1.54, 1.807) is 0 Å². The zero-order valence-corrected chi connectivity index (χ0v) is 11.9. The van der Waals surface area contributed by atoms with Gasteiger partial charge >= 0.3 is 0 Å². The highest BCUT2D eigenvalue weighted by Crippen LogP contribution is 2.61. The Balaban J connectivity index is 1.92. The predicted molar refractivity (Wildman–Crippen MR) is 76.9 cm³/mol. The molecule has 2 atom stereocenters. The fraction of sp³-hybridized carbons (Fsp3) is 0.429. The Labute approximate surface area is 121 Å². The number of ether oxygens (including phenoxy) is 1. The SMILES string of the molecule is CC1(C(=O)N=C(N)N)CC1c1ccc(Cl)c2c1CCO2. The van der Waals surface area contributed by atoms with Crippen molar-refractivity contribution in [1.82, 2.24) is 0 Å². The van der Waals surface area contributed by atoms with Gasteiger partial charge < -0.3 is 16.2 Å². The van der Waals surface area contributed by atoms with E-state index in [4.69, 9.17) is 27.8 Å². The second-order valence-electron chi connectivity index (χ2n) is 5.56. The lowest BCUT2D eigenvalue weighted by molar-refractivity contribution is -0.122. The van der Waals surface area contributed by atoms with Gasteiger partial charge in [-0.3, -0.25) is 4.79 Å². The van der Waals surface area contributed by atoms with E-state index in [2.05, 4.69) is 4.99 Å². The van der Waals surface area contributed by atoms with Crippen molar-refractivity contribution in [2.45, 2.75) is 25.7 Å². The molecular weight excluding hydrogens is 278 g/mol. The van der Waals surface area contributed by atoms with Crippen LogP contribution < -0.4 is 16.2 Å². The minimum Gasteiger partial charge on any atom is -0.491 e. The number of benzene rings is 1. The second-order valence-corrected chi connectivity index (χ2v) is 5.97. The summed E-state index contributed by atoms with van der Waals surface area (Å²) >= 11 is 6.12. The molecule has 1 aliphatic heterocycles. The molecule has 2 aliphatic rings. The molecule has 4 N–H and O–H groups in total. The van der Waals surface area contributed by atoms with E-state index in [1.165, 1.54) is 0 Å². The van der Waals surface area contributed by atoms with Gasteiger partial charge in [-0.05, 0) is 24.0 Å². The molecule has 1 aromatic rings. The summed E-state index contributed by atoms with van der Waals surface area (Å²) in [7, 11) is 0. The number of aliphatic imine (C=N–C) groups is 1. The number of nitrogens with two attached hydrogens (primary N) is 2. The van der Waals surface area contributed by atoms with Crippen LogP contribution in [0.4, 0.5) is 0 Å². The Morgan fingerprint density at radius 3 is 2.95 bits per heavy atom. The topological polar surface area (TPSA) is 90.7 Å². The average Bonchev–Trinajstić information content (AvgIpc) is 2.86. The van der Waals surface area contributed by atoms with Crippen molar-refractivity contribution >= 4 is 23.5 Å². The van der Waals surface area contributed by atoms with Crippen molar-refractivity contribution in [1.29, 1.82) is 0 Å². The van der Waals surface area contributed by atoms with Crippen LogP contribution in [0.15, 0.2) is 17.1 Å². The zero-order valence-electron chi connectivity index (χ0n) is 11.1. The molecule has 0 saturated heterocycles. The zero-order chi connectivity index (χ0) is 14.5. The van der Waals surface area contributed by atoms with Gasteiger partial charge in [0.1, 0.15) is 5.75 Å². The third-order valence-electron chi connectivity index (χ3n) is 4.18. The quantitative estimate of drug-likeness (QED) is 0.639. The number of amides is 1. The van der Waals surface area contributed by atoms with E-state index in [0.717, 1.165) is 29.7 Å². The maximum absolute atomic E-state index is 12.1. The third-order valence-corrected chi connectivity index (χ3v) is 4.48. The minimum atomic E-state index is -0.520. The minimum absolute atomic E-state index is 0.130. The molecule has 1 heterocycles. The van der Waals surface area contributed by atoms with Crippen LogP contribution in [-0.2, 0) is 11.2 Å². The van der Waals surface area contributed by atoms with E-state index in [-0.39, 0.29) is 17.8 Å². The van der Waals surface area contributed by atoms with Crippen LogP contribution in [0.25, 0.3) is 0 Å². The standard InChI is InChI=1S/C14H16ClN3O2/c1-14(12(19)18-13(16)17)6-9(14)7-2-3-10(15)11-8(7)4-5-20-11/h2-3,9H,4-6H2,1H3,(H4,16,17,18,19). The molecule has 0 aromatic heterocycles. The van der Waals surface area contributed by atoms with Crippen LogP contribution in [0.2, 0.25) is 5.02 Å². The number of nitrogens with zero attached hydrogens (tertiary/aromatic N) is 1. The fourth-order valence-electron chi connectivity index (χ4n) is 2.91. The number of hydrogen-bond donors (Lipinski definition) is 2. The lowest BCUT2D eigenvalue weighted by Crippen LogP contribution is -2.26. The van der Waals surface area contributed by atoms with Crippen molar-refractivity contribution in [3.63, 3.8) is 0 Å². The number of rotatable bonds is 2. The second kappa shape index (κ2) is 4.38. The molecule has 1 fully saturated rings. The van der Waals surface area contributed by atoms with Crippen LogP contribution in [-0.4, -0.2) is 18.5 Å². The van der Waals surface area contributed by atoms with Gasteiger partial charge in [-0.25, -0.2) is 0 Å². The number of halogens is 1. The van der Waals surface area contributed by atoms with Crippen LogP contribution in [0.1, 0.15) is 30.4 Å². The monoisotopic (exact) mass is 293 g/mol. The number of carbonyl (C=O) groups is 1. The highest BCUT2D eigenvalue weighted by Gasteiger charge is 2.57. The lowest BCUT2D eigenvalue weighted by Gasteiger charge is -2.11. The summed E-state index contributed by atoms with van der Waals surface area (Å²) in [6, 6.07) is 3.80. The Hall–Kier alpha value is -1.75. The van der Waals surface area contributed by atoms with Gasteiger partial charge in [0.25, 0.3) is 5.91 Å². The average molecular weight is 294 g/mol. The molecule has 106 valence electrons. The van der Waals surface area contributed by atoms with Gasteiger partial charge in [-0.2, -0.15) is 4.99 Å². The number of fused-ring (bicyclic) bond motifs is 1. The van der Waals surface area contributed by atoms with Crippen LogP contribution in [0, 0.1) is 5.41 Å². The van der Waals surface area contributed by atoms with E-state index in [9.17, 15) is 4.79 Å². The van der Waals surface area contributed by atoms with E-state index in [1.807, 2.05) is 19.1 Å². The van der Waals surface area contributed by atoms with Gasteiger partial charge in [0.2, 0.25) is 0 Å². The summed E-state index contributed by atoms with van der Waals surface area (Å²) in [5.74, 6) is 0.440. The molecule has 20 heavy (non-hydrogen) atoms. The smallest absolute Gasteiger partial charge is 0.255 e. The van der Waals surface area contributed by atoms with E-state index < -0.39 is 5.41 Å². The molecule has 6 heteroatoms. The molecule has 1 aliphatic carbocycles. The Morgan fingerprint density at radius 1 is 1.50 bits per heavy atom. The maximum atomic E-state index is 12.1. The highest BCUT2D eigenvalue weighted by molar-refractivity contribution is 6.32. The Kier molecular flexibility index (Phi) is 2.90. The maximum Gasteiger partial charge on any atom is 0.255 e. The molecule has 0 radical (unpaired) electrons. The van der Waals surface area contributed by atoms with Crippen molar-refractivity contribution in [2.24, 2.45) is 21.9 Å². The molecule has 1 saturated carbocycles. The lowest BCUT2D eigenvalue weighted by atomic mass is 9.95. The first-order valence-corrected chi connectivity index (χ1v) is 6.89. The summed E-state index contributed by atoms with van der Waals surface area (Å²) in [5.41, 5.74) is 12.3. The van der Waals surface area contributed by atoms with Gasteiger partial charge in [0.05, 0.1) is 17.0 Å². The molecule has 3 rings (SSSR count). The Morgan fingerprint density at radius 2 is 2.25 bits per heavy atom. The molecule has 0 bridgehead atoms. The first-order valence-electron chi connectivity index (χ1n) is 6.51. The molecule has 5 nitrogen and oxygen atoms in total. The number of hydrogen-bond acceptors (Lipinski definition) is 2. The van der Waals surface area contributed by atoms with E-state index in [0.29, 0.717) is 11.6 Å². The summed E-state index contributed by atoms with van der Waals surface area (Å²) in [5, 5.41) is 0.624. The van der Waals surface area contributed by atoms with Crippen molar-refractivity contribution in [3.05, 3.63) is 28.3 Å². The first-order chi connectivity index (χ1) is 9.43. The third kappa shape index (κ3) is 1.93. The van der Waals surface area contributed by atoms with Crippen LogP contribution >= 0.6 is 11.6 Å².